The highest BCUT2D eigenvalue weighted by molar-refractivity contribution is 5.60. The Bertz CT molecular complexity index is 626. The number of nitrogens with two attached hydrogens (primary N) is 1. The van der Waals surface area contributed by atoms with Crippen molar-refractivity contribution in [2.75, 3.05) is 5.73 Å². The van der Waals surface area contributed by atoms with Crippen LogP contribution in [-0.4, -0.2) is 10.2 Å². The lowest BCUT2D eigenvalue weighted by molar-refractivity contribution is -0.137. The van der Waals surface area contributed by atoms with E-state index >= 15 is 0 Å². The Labute approximate surface area is 113 Å². The average Bonchev–Trinajstić information content (AvgIpc) is 2.40. The maximum Gasteiger partial charge on any atom is 0.416 e. The van der Waals surface area contributed by atoms with Crippen LogP contribution in [0.2, 0.25) is 0 Å². The van der Waals surface area contributed by atoms with Gasteiger partial charge in [0.15, 0.2) is 0 Å². The quantitative estimate of drug-likeness (QED) is 0.586. The molecule has 0 amide bonds. The van der Waals surface area contributed by atoms with Gasteiger partial charge in [-0.25, -0.2) is 0 Å². The summed E-state index contributed by atoms with van der Waals surface area (Å²) in [5.41, 5.74) is 4.91. The summed E-state index contributed by atoms with van der Waals surface area (Å²) in [6.07, 6.45) is -5.83. The van der Waals surface area contributed by atoms with Crippen molar-refractivity contribution in [2.24, 2.45) is 0 Å². The van der Waals surface area contributed by atoms with Crippen molar-refractivity contribution >= 4 is 5.69 Å². The predicted molar refractivity (Wildman–Crippen MR) is 68.0 cm³/mol. The van der Waals surface area contributed by atoms with Crippen molar-refractivity contribution in [1.82, 2.24) is 0 Å². The van der Waals surface area contributed by atoms with Crippen LogP contribution >= 0.6 is 0 Å². The minimum atomic E-state index is -4.49. The molecule has 1 atom stereocenters. The molecule has 0 saturated carbocycles. The van der Waals surface area contributed by atoms with E-state index in [1.807, 2.05) is 0 Å². The van der Waals surface area contributed by atoms with Crippen LogP contribution in [0, 0.1) is 0 Å². The van der Waals surface area contributed by atoms with Crippen LogP contribution in [0.15, 0.2) is 42.5 Å². The number of hydrogen-bond donors (Lipinski definition) is 3. The van der Waals surface area contributed by atoms with Gasteiger partial charge in [-0.15, -0.1) is 0 Å². The lowest BCUT2D eigenvalue weighted by Gasteiger charge is -2.16. The SMILES string of the molecule is Nc1c(O)cccc1C(O)c1cccc(C(F)(F)F)c1. The molecule has 4 N–H and O–H groups in total. The standard InChI is InChI=1S/C14H12F3NO2/c15-14(16,17)9-4-1-3-8(7-9)13(20)10-5-2-6-11(19)12(10)18/h1-7,13,19-20H,18H2. The lowest BCUT2D eigenvalue weighted by Crippen LogP contribution is -2.08. The largest absolute Gasteiger partial charge is 0.506 e. The minimum Gasteiger partial charge on any atom is -0.506 e. The fourth-order valence-corrected chi connectivity index (χ4v) is 1.87. The highest BCUT2D eigenvalue weighted by atomic mass is 19.4. The molecule has 0 bridgehead atoms. The van der Waals surface area contributed by atoms with Gasteiger partial charge in [0.2, 0.25) is 0 Å². The summed E-state index contributed by atoms with van der Waals surface area (Å²) in [4.78, 5) is 0. The number of rotatable bonds is 2. The maximum atomic E-state index is 12.6. The summed E-state index contributed by atoms with van der Waals surface area (Å²) in [7, 11) is 0. The molecular formula is C14H12F3NO2. The zero-order valence-electron chi connectivity index (χ0n) is 10.2. The Hall–Kier alpha value is -2.21. The van der Waals surface area contributed by atoms with Gasteiger partial charge >= 0.3 is 6.18 Å². The number of alkyl halides is 3. The molecule has 2 rings (SSSR count). The average molecular weight is 283 g/mol. The van der Waals surface area contributed by atoms with Crippen LogP contribution < -0.4 is 5.73 Å². The van der Waals surface area contributed by atoms with Gasteiger partial charge in [0.1, 0.15) is 11.9 Å². The van der Waals surface area contributed by atoms with Gasteiger partial charge in [-0.3, -0.25) is 0 Å². The molecule has 0 aromatic heterocycles. The number of phenolic OH excluding ortho intramolecular Hbond substituents is 1. The van der Waals surface area contributed by atoms with Gasteiger partial charge in [-0.1, -0.05) is 24.3 Å². The number of phenols is 1. The monoisotopic (exact) mass is 283 g/mol. The van der Waals surface area contributed by atoms with E-state index in [9.17, 15) is 23.4 Å². The minimum absolute atomic E-state index is 0.0529. The van der Waals surface area contributed by atoms with Crippen molar-refractivity contribution in [3.05, 3.63) is 59.2 Å². The van der Waals surface area contributed by atoms with Crippen LogP contribution in [0.5, 0.6) is 5.75 Å². The molecule has 0 aliphatic rings. The zero-order chi connectivity index (χ0) is 14.9. The Morgan fingerprint density at radius 3 is 2.35 bits per heavy atom. The Morgan fingerprint density at radius 1 is 1.05 bits per heavy atom. The summed E-state index contributed by atoms with van der Waals surface area (Å²) in [6, 6.07) is 8.58. The van der Waals surface area contributed by atoms with Crippen LogP contribution in [0.4, 0.5) is 18.9 Å². The fraction of sp³-hybridized carbons (Fsp3) is 0.143. The number of hydrogen-bond acceptors (Lipinski definition) is 3. The lowest BCUT2D eigenvalue weighted by atomic mass is 9.98. The van der Waals surface area contributed by atoms with Gasteiger partial charge in [0.25, 0.3) is 0 Å². The first-order valence-corrected chi connectivity index (χ1v) is 5.73. The van der Waals surface area contributed by atoms with Crippen LogP contribution in [0.25, 0.3) is 0 Å². The second-order valence-electron chi connectivity index (χ2n) is 4.31. The van der Waals surface area contributed by atoms with Crippen molar-refractivity contribution in [3.63, 3.8) is 0 Å². The molecule has 106 valence electrons. The van der Waals surface area contributed by atoms with E-state index < -0.39 is 17.8 Å². The predicted octanol–water partition coefficient (Wildman–Crippen LogP) is 3.07. The number of para-hydroxylation sites is 1. The number of nitrogen functional groups attached to an aromatic ring is 1. The van der Waals surface area contributed by atoms with E-state index in [2.05, 4.69) is 0 Å². The summed E-state index contributed by atoms with van der Waals surface area (Å²) in [5, 5.41) is 19.6. The van der Waals surface area contributed by atoms with E-state index in [-0.39, 0.29) is 22.6 Å². The molecule has 3 nitrogen and oxygen atoms in total. The molecule has 0 spiro atoms. The van der Waals surface area contributed by atoms with Crippen LogP contribution in [0.1, 0.15) is 22.8 Å². The van der Waals surface area contributed by atoms with Crippen LogP contribution in [0.3, 0.4) is 0 Å². The molecule has 0 aliphatic carbocycles. The van der Waals surface area contributed by atoms with Gasteiger partial charge in [0, 0.05) is 5.56 Å². The number of aliphatic hydroxyl groups excluding tert-OH is 1. The molecular weight excluding hydrogens is 271 g/mol. The number of aromatic hydroxyl groups is 1. The number of halogens is 3. The number of anilines is 1. The van der Waals surface area contributed by atoms with Crippen molar-refractivity contribution in [1.29, 1.82) is 0 Å². The highest BCUT2D eigenvalue weighted by Gasteiger charge is 2.31. The molecule has 0 radical (unpaired) electrons. The molecule has 0 saturated heterocycles. The van der Waals surface area contributed by atoms with Gasteiger partial charge in [-0.05, 0) is 23.8 Å². The first-order valence-electron chi connectivity index (χ1n) is 5.73. The molecule has 1 unspecified atom stereocenters. The summed E-state index contributed by atoms with van der Waals surface area (Å²) < 4.78 is 37.9. The third-order valence-corrected chi connectivity index (χ3v) is 2.94. The van der Waals surface area contributed by atoms with E-state index in [1.54, 1.807) is 0 Å². The molecule has 0 aliphatic heterocycles. The third kappa shape index (κ3) is 2.70. The van der Waals surface area contributed by atoms with Crippen molar-refractivity contribution in [3.8, 4) is 5.75 Å². The van der Waals surface area contributed by atoms with Crippen molar-refractivity contribution < 1.29 is 23.4 Å². The summed E-state index contributed by atoms with van der Waals surface area (Å²) >= 11 is 0. The van der Waals surface area contributed by atoms with Gasteiger partial charge in [-0.2, -0.15) is 13.2 Å². The maximum absolute atomic E-state index is 12.6. The summed E-state index contributed by atoms with van der Waals surface area (Å²) in [6.45, 7) is 0. The molecule has 2 aromatic rings. The van der Waals surface area contributed by atoms with Gasteiger partial charge < -0.3 is 15.9 Å². The van der Waals surface area contributed by atoms with Gasteiger partial charge in [0.05, 0.1) is 11.3 Å². The van der Waals surface area contributed by atoms with Crippen molar-refractivity contribution in [2.45, 2.75) is 12.3 Å². The fourth-order valence-electron chi connectivity index (χ4n) is 1.87. The highest BCUT2D eigenvalue weighted by Crippen LogP contribution is 2.35. The topological polar surface area (TPSA) is 66.5 Å². The van der Waals surface area contributed by atoms with E-state index in [0.29, 0.717) is 0 Å². The Kier molecular flexibility index (Phi) is 3.59. The Morgan fingerprint density at radius 2 is 1.70 bits per heavy atom. The molecule has 0 fully saturated rings. The molecule has 0 heterocycles. The molecule has 6 heteroatoms. The number of aliphatic hydroxyl groups is 1. The second kappa shape index (κ2) is 5.05. The third-order valence-electron chi connectivity index (χ3n) is 2.94. The second-order valence-corrected chi connectivity index (χ2v) is 4.31. The van der Waals surface area contributed by atoms with E-state index in [4.69, 9.17) is 5.73 Å². The van der Waals surface area contributed by atoms with E-state index in [0.717, 1.165) is 12.1 Å². The molecule has 20 heavy (non-hydrogen) atoms. The summed E-state index contributed by atoms with van der Waals surface area (Å²) in [5.74, 6) is -0.228. The molecule has 2 aromatic carbocycles. The first kappa shape index (κ1) is 14.2. The smallest absolute Gasteiger partial charge is 0.416 e. The Balaban J connectivity index is 2.44. The number of benzene rings is 2. The first-order chi connectivity index (χ1) is 9.30. The normalized spacial score (nSPS) is 13.2. The van der Waals surface area contributed by atoms with E-state index in [1.165, 1.54) is 30.3 Å². The zero-order valence-corrected chi connectivity index (χ0v) is 10.2. The van der Waals surface area contributed by atoms with Crippen LogP contribution in [-0.2, 0) is 6.18 Å².